The Morgan fingerprint density at radius 1 is 1.58 bits per heavy atom. The number of aromatic amines is 1. The van der Waals surface area contributed by atoms with Crippen molar-refractivity contribution < 1.29 is 9.59 Å². The van der Waals surface area contributed by atoms with Gasteiger partial charge in [-0.15, -0.1) is 12.3 Å². The molecule has 0 saturated heterocycles. The molecule has 0 fully saturated rings. The van der Waals surface area contributed by atoms with Gasteiger partial charge in [-0.05, 0) is 18.4 Å². The monoisotopic (exact) mass is 262 g/mol. The third kappa shape index (κ3) is 4.47. The van der Waals surface area contributed by atoms with Crippen molar-refractivity contribution in [1.29, 1.82) is 0 Å². The van der Waals surface area contributed by atoms with Gasteiger partial charge < -0.3 is 11.1 Å². The minimum absolute atomic E-state index is 0.0599. The maximum absolute atomic E-state index is 11.9. The summed E-state index contributed by atoms with van der Waals surface area (Å²) in [7, 11) is 0. The van der Waals surface area contributed by atoms with E-state index in [1.807, 2.05) is 0 Å². The first-order valence-corrected chi connectivity index (χ1v) is 6.02. The Kier molecular flexibility index (Phi) is 5.12. The van der Waals surface area contributed by atoms with Crippen molar-refractivity contribution in [3.63, 3.8) is 0 Å². The lowest BCUT2D eigenvalue weighted by molar-refractivity contribution is -0.119. The molecule has 0 spiro atoms. The van der Waals surface area contributed by atoms with Crippen LogP contribution in [0.3, 0.4) is 0 Å². The summed E-state index contributed by atoms with van der Waals surface area (Å²) in [4.78, 5) is 23.0. The molecule has 0 aliphatic carbocycles. The zero-order chi connectivity index (χ0) is 14.4. The van der Waals surface area contributed by atoms with E-state index in [4.69, 9.17) is 12.2 Å². The Bertz CT molecular complexity index is 499. The van der Waals surface area contributed by atoms with Gasteiger partial charge in [-0.25, -0.2) is 0 Å². The molecule has 2 amide bonds. The number of hydrogen-bond acceptors (Lipinski definition) is 3. The number of primary amides is 1. The van der Waals surface area contributed by atoms with Crippen LogP contribution in [0.1, 0.15) is 36.5 Å². The predicted molar refractivity (Wildman–Crippen MR) is 71.0 cm³/mol. The number of nitrogens with zero attached hydrogens (tertiary/aromatic N) is 1. The van der Waals surface area contributed by atoms with E-state index >= 15 is 0 Å². The lowest BCUT2D eigenvalue weighted by atomic mass is 10.1. The molecule has 0 saturated carbocycles. The molecular weight excluding hydrogens is 244 g/mol. The minimum Gasteiger partial charge on any atom is -0.368 e. The maximum atomic E-state index is 11.9. The summed E-state index contributed by atoms with van der Waals surface area (Å²) in [6.07, 6.45) is 5.97. The second kappa shape index (κ2) is 6.59. The fourth-order valence-electron chi connectivity index (χ4n) is 1.60. The zero-order valence-corrected chi connectivity index (χ0v) is 11.1. The molecule has 0 aromatic carbocycles. The summed E-state index contributed by atoms with van der Waals surface area (Å²) in [5.41, 5.74) is 6.23. The van der Waals surface area contributed by atoms with Crippen LogP contribution in [0.5, 0.6) is 0 Å². The molecule has 1 heterocycles. The van der Waals surface area contributed by atoms with E-state index in [9.17, 15) is 9.59 Å². The van der Waals surface area contributed by atoms with Gasteiger partial charge in [-0.2, -0.15) is 5.10 Å². The first-order valence-electron chi connectivity index (χ1n) is 6.02. The molecule has 4 N–H and O–H groups in total. The van der Waals surface area contributed by atoms with Crippen molar-refractivity contribution in [3.05, 3.63) is 17.5 Å². The molecule has 0 aliphatic rings. The van der Waals surface area contributed by atoms with Crippen molar-refractivity contribution in [3.8, 4) is 12.3 Å². The fraction of sp³-hybridized carbons (Fsp3) is 0.462. The molecule has 0 aliphatic heterocycles. The summed E-state index contributed by atoms with van der Waals surface area (Å²) < 4.78 is 0. The number of carbonyl (C=O) groups is 2. The van der Waals surface area contributed by atoms with E-state index in [1.54, 1.807) is 6.07 Å². The second-order valence-corrected chi connectivity index (χ2v) is 4.71. The van der Waals surface area contributed by atoms with Crippen LogP contribution in [0.2, 0.25) is 0 Å². The Balaban J connectivity index is 2.69. The van der Waals surface area contributed by atoms with Gasteiger partial charge in [-0.3, -0.25) is 14.7 Å². The highest BCUT2D eigenvalue weighted by Gasteiger charge is 2.19. The number of amides is 2. The molecule has 1 rings (SSSR count). The number of carbonyl (C=O) groups excluding carboxylic acids is 2. The second-order valence-electron chi connectivity index (χ2n) is 4.71. The highest BCUT2D eigenvalue weighted by molar-refractivity contribution is 5.95. The van der Waals surface area contributed by atoms with Crippen LogP contribution in [0.4, 0.5) is 0 Å². The Hall–Kier alpha value is -2.29. The number of nitrogens with one attached hydrogen (secondary N) is 2. The van der Waals surface area contributed by atoms with Gasteiger partial charge in [0, 0.05) is 12.1 Å². The number of terminal acetylenes is 1. The third-order valence-corrected chi connectivity index (χ3v) is 2.46. The quantitative estimate of drug-likeness (QED) is 0.639. The maximum Gasteiger partial charge on any atom is 0.272 e. The van der Waals surface area contributed by atoms with Gasteiger partial charge in [0.25, 0.3) is 5.91 Å². The van der Waals surface area contributed by atoms with E-state index in [0.717, 1.165) is 12.1 Å². The summed E-state index contributed by atoms with van der Waals surface area (Å²) in [6.45, 7) is 4.13. The van der Waals surface area contributed by atoms with E-state index in [2.05, 4.69) is 35.3 Å². The van der Waals surface area contributed by atoms with Gasteiger partial charge in [0.05, 0.1) is 0 Å². The third-order valence-electron chi connectivity index (χ3n) is 2.46. The molecule has 6 nitrogen and oxygen atoms in total. The number of H-pyrrole nitrogens is 1. The first kappa shape index (κ1) is 14.8. The fourth-order valence-corrected chi connectivity index (χ4v) is 1.60. The summed E-state index contributed by atoms with van der Waals surface area (Å²) in [6, 6.07) is 0.784. The lowest BCUT2D eigenvalue weighted by Gasteiger charge is -2.11. The van der Waals surface area contributed by atoms with Crippen molar-refractivity contribution in [2.75, 3.05) is 0 Å². The number of aromatic nitrogens is 2. The van der Waals surface area contributed by atoms with E-state index in [0.29, 0.717) is 5.92 Å². The zero-order valence-electron chi connectivity index (χ0n) is 11.1. The highest BCUT2D eigenvalue weighted by Crippen LogP contribution is 2.07. The molecule has 1 aromatic heterocycles. The van der Waals surface area contributed by atoms with Crippen LogP contribution >= 0.6 is 0 Å². The molecule has 1 atom stereocenters. The Morgan fingerprint density at radius 2 is 2.26 bits per heavy atom. The average molecular weight is 262 g/mol. The largest absolute Gasteiger partial charge is 0.368 e. The Labute approximate surface area is 112 Å². The topological polar surface area (TPSA) is 101 Å². The smallest absolute Gasteiger partial charge is 0.272 e. The van der Waals surface area contributed by atoms with E-state index in [1.165, 1.54) is 0 Å². The molecule has 0 unspecified atom stereocenters. The van der Waals surface area contributed by atoms with Crippen LogP contribution in [0.25, 0.3) is 0 Å². The molecule has 1 aromatic rings. The summed E-state index contributed by atoms with van der Waals surface area (Å²) in [5, 5.41) is 9.15. The van der Waals surface area contributed by atoms with Gasteiger partial charge >= 0.3 is 0 Å². The average Bonchev–Trinajstić information content (AvgIpc) is 2.75. The van der Waals surface area contributed by atoms with Crippen LogP contribution in [0, 0.1) is 18.3 Å². The molecule has 0 radical (unpaired) electrons. The Morgan fingerprint density at radius 3 is 2.79 bits per heavy atom. The van der Waals surface area contributed by atoms with Crippen LogP contribution in [-0.2, 0) is 11.2 Å². The predicted octanol–water partition coefficient (Wildman–Crippen LogP) is 0.215. The van der Waals surface area contributed by atoms with Crippen LogP contribution in [-0.4, -0.2) is 28.1 Å². The van der Waals surface area contributed by atoms with Gasteiger partial charge in [0.15, 0.2) is 0 Å². The number of hydrogen-bond donors (Lipinski definition) is 3. The SMILES string of the molecule is C#CC[C@H](NC(=O)c1cc(CC(C)C)[nH]n1)C(N)=O. The first-order chi connectivity index (χ1) is 8.93. The van der Waals surface area contributed by atoms with E-state index in [-0.39, 0.29) is 12.1 Å². The van der Waals surface area contributed by atoms with E-state index < -0.39 is 17.9 Å². The van der Waals surface area contributed by atoms with Crippen molar-refractivity contribution in [2.45, 2.75) is 32.7 Å². The minimum atomic E-state index is -0.872. The van der Waals surface area contributed by atoms with Crippen LogP contribution < -0.4 is 11.1 Å². The molecule has 6 heteroatoms. The summed E-state index contributed by atoms with van der Waals surface area (Å²) in [5.74, 6) is 1.62. The molecule has 19 heavy (non-hydrogen) atoms. The van der Waals surface area contributed by atoms with Gasteiger partial charge in [0.2, 0.25) is 5.91 Å². The standard InChI is InChI=1S/C13H18N4O2/c1-4-5-10(12(14)18)15-13(19)11-7-9(16-17-11)6-8(2)3/h1,7-8,10H,5-6H2,2-3H3,(H2,14,18)(H,15,19)(H,16,17)/t10-/m0/s1. The lowest BCUT2D eigenvalue weighted by Crippen LogP contribution is -2.44. The molecular formula is C13H18N4O2. The van der Waals surface area contributed by atoms with Crippen molar-refractivity contribution in [2.24, 2.45) is 11.7 Å². The van der Waals surface area contributed by atoms with Gasteiger partial charge in [0.1, 0.15) is 11.7 Å². The van der Waals surface area contributed by atoms with Crippen molar-refractivity contribution >= 4 is 11.8 Å². The normalized spacial score (nSPS) is 11.9. The van der Waals surface area contributed by atoms with Crippen LogP contribution in [0.15, 0.2) is 6.07 Å². The van der Waals surface area contributed by atoms with Gasteiger partial charge in [-0.1, -0.05) is 13.8 Å². The van der Waals surface area contributed by atoms with Crippen molar-refractivity contribution in [1.82, 2.24) is 15.5 Å². The number of nitrogens with two attached hydrogens (primary N) is 1. The molecule has 102 valence electrons. The number of rotatable bonds is 6. The highest BCUT2D eigenvalue weighted by atomic mass is 16.2. The summed E-state index contributed by atoms with van der Waals surface area (Å²) >= 11 is 0. The molecule has 0 bridgehead atoms.